The van der Waals surface area contributed by atoms with Crippen LogP contribution in [0.5, 0.6) is 0 Å². The molecule has 0 bridgehead atoms. The van der Waals surface area contributed by atoms with Crippen LogP contribution in [0.2, 0.25) is 0 Å². The first kappa shape index (κ1) is 25.8. The Bertz CT molecular complexity index is 1620. The Morgan fingerprint density at radius 3 is 2.55 bits per heavy atom. The lowest BCUT2D eigenvalue weighted by molar-refractivity contribution is 0.0952. The molecule has 0 radical (unpaired) electrons. The van der Waals surface area contributed by atoms with Crippen molar-refractivity contribution in [3.8, 4) is 0 Å². The van der Waals surface area contributed by atoms with Crippen LogP contribution in [-0.2, 0) is 23.1 Å². The van der Waals surface area contributed by atoms with Gasteiger partial charge in [-0.15, -0.1) is 0 Å². The van der Waals surface area contributed by atoms with Gasteiger partial charge in [-0.25, -0.2) is 18.1 Å². The maximum absolute atomic E-state index is 13.0. The molecule has 0 aliphatic carbocycles. The fraction of sp³-hybridized carbons (Fsp3) is 0.333. The Balaban J connectivity index is 1.21. The lowest BCUT2D eigenvalue weighted by atomic mass is 10.1. The molecule has 1 amide bonds. The largest absolute Gasteiger partial charge is 0.350 e. The molecule has 1 saturated heterocycles. The van der Waals surface area contributed by atoms with Crippen LogP contribution >= 0.6 is 0 Å². The van der Waals surface area contributed by atoms with Gasteiger partial charge in [-0.2, -0.15) is 9.40 Å². The van der Waals surface area contributed by atoms with Gasteiger partial charge >= 0.3 is 0 Å². The van der Waals surface area contributed by atoms with Gasteiger partial charge in [-0.3, -0.25) is 14.2 Å². The van der Waals surface area contributed by atoms with Crippen LogP contribution in [0.15, 0.2) is 70.7 Å². The number of nitrogens with zero attached hydrogens (tertiary/aromatic N) is 5. The Kier molecular flexibility index (Phi) is 7.39. The number of rotatable bonds is 8. The van der Waals surface area contributed by atoms with Crippen molar-refractivity contribution in [2.45, 2.75) is 44.2 Å². The van der Waals surface area contributed by atoms with E-state index >= 15 is 0 Å². The summed E-state index contributed by atoms with van der Waals surface area (Å²) >= 11 is 0. The van der Waals surface area contributed by atoms with Crippen LogP contribution in [0.25, 0.3) is 11.0 Å². The lowest BCUT2D eigenvalue weighted by Gasteiger charge is -2.25. The van der Waals surface area contributed by atoms with E-state index in [1.807, 2.05) is 31.2 Å². The standard InChI is InChI=1S/C27H30N6O4S/c1-20-6-5-7-21(16-20)18-31-19-29-25-24(27(31)35)17-30-33(25)15-12-28-26(34)22-8-10-23(11-9-22)38(36,37)32-13-3-2-4-14-32/h5-11,16-17,19H,2-4,12-15,18H2,1H3,(H,28,34). The molecule has 1 aliphatic rings. The van der Waals surface area contributed by atoms with E-state index in [1.165, 1.54) is 41.1 Å². The van der Waals surface area contributed by atoms with E-state index in [1.54, 1.807) is 9.25 Å². The molecule has 1 aliphatic heterocycles. The number of aryl methyl sites for hydroxylation is 1. The van der Waals surface area contributed by atoms with Crippen LogP contribution in [0.1, 0.15) is 40.7 Å². The minimum atomic E-state index is -3.54. The maximum Gasteiger partial charge on any atom is 0.264 e. The quantitative estimate of drug-likeness (QED) is 0.371. The number of carbonyl (C=O) groups is 1. The first-order chi connectivity index (χ1) is 18.3. The number of hydrogen-bond donors (Lipinski definition) is 1. The second kappa shape index (κ2) is 10.9. The summed E-state index contributed by atoms with van der Waals surface area (Å²) in [6.45, 7) is 4.07. The van der Waals surface area contributed by atoms with E-state index in [2.05, 4.69) is 15.4 Å². The second-order valence-corrected chi connectivity index (χ2v) is 11.5. The van der Waals surface area contributed by atoms with E-state index in [4.69, 9.17) is 0 Å². The molecular formula is C27H30N6O4S. The Morgan fingerprint density at radius 1 is 1.05 bits per heavy atom. The third-order valence-electron chi connectivity index (χ3n) is 6.74. The summed E-state index contributed by atoms with van der Waals surface area (Å²) in [5.41, 5.74) is 2.78. The van der Waals surface area contributed by atoms with Gasteiger partial charge in [0.25, 0.3) is 11.5 Å². The molecule has 0 unspecified atom stereocenters. The molecule has 198 valence electrons. The van der Waals surface area contributed by atoms with Crippen LogP contribution in [0, 0.1) is 6.92 Å². The second-order valence-electron chi connectivity index (χ2n) is 9.52. The monoisotopic (exact) mass is 534 g/mol. The SMILES string of the molecule is Cc1cccc(Cn2cnc3c(cnn3CCNC(=O)c3ccc(S(=O)(=O)N4CCCCC4)cc3)c2=O)c1. The third kappa shape index (κ3) is 5.39. The summed E-state index contributed by atoms with van der Waals surface area (Å²) in [6, 6.07) is 14.0. The molecule has 0 spiro atoms. The predicted molar refractivity (Wildman–Crippen MR) is 143 cm³/mol. The molecule has 1 N–H and O–H groups in total. The molecule has 5 rings (SSSR count). The number of carbonyl (C=O) groups excluding carboxylic acids is 1. The molecule has 2 aromatic carbocycles. The highest BCUT2D eigenvalue weighted by Crippen LogP contribution is 2.21. The number of fused-ring (bicyclic) bond motifs is 1. The number of nitrogens with one attached hydrogen (secondary N) is 1. The van der Waals surface area contributed by atoms with Gasteiger partial charge in [-0.1, -0.05) is 36.2 Å². The van der Waals surface area contributed by atoms with E-state index < -0.39 is 10.0 Å². The van der Waals surface area contributed by atoms with Crippen LogP contribution in [0.4, 0.5) is 0 Å². The first-order valence-corrected chi connectivity index (χ1v) is 14.1. The minimum absolute atomic E-state index is 0.175. The van der Waals surface area contributed by atoms with Crippen LogP contribution < -0.4 is 10.9 Å². The molecule has 3 heterocycles. The van der Waals surface area contributed by atoms with Gasteiger partial charge in [0.05, 0.1) is 24.2 Å². The minimum Gasteiger partial charge on any atom is -0.350 e. The van der Waals surface area contributed by atoms with Gasteiger partial charge in [-0.05, 0) is 49.6 Å². The Hall–Kier alpha value is -3.83. The zero-order chi connectivity index (χ0) is 26.7. The van der Waals surface area contributed by atoms with Gasteiger partial charge < -0.3 is 5.32 Å². The van der Waals surface area contributed by atoms with E-state index in [0.29, 0.717) is 42.8 Å². The summed E-state index contributed by atoms with van der Waals surface area (Å²) in [4.78, 5) is 30.2. The molecule has 0 saturated carbocycles. The number of amides is 1. The Labute approximate surface area is 221 Å². The topological polar surface area (TPSA) is 119 Å². The predicted octanol–water partition coefficient (Wildman–Crippen LogP) is 2.55. The highest BCUT2D eigenvalue weighted by atomic mass is 32.2. The van der Waals surface area contributed by atoms with E-state index in [0.717, 1.165) is 30.4 Å². The molecule has 38 heavy (non-hydrogen) atoms. The molecule has 10 nitrogen and oxygen atoms in total. The van der Waals surface area contributed by atoms with Crippen molar-refractivity contribution in [2.75, 3.05) is 19.6 Å². The highest BCUT2D eigenvalue weighted by molar-refractivity contribution is 7.89. The van der Waals surface area contributed by atoms with Crippen molar-refractivity contribution in [3.63, 3.8) is 0 Å². The van der Waals surface area contributed by atoms with Gasteiger partial charge in [0, 0.05) is 25.2 Å². The van der Waals surface area contributed by atoms with Gasteiger partial charge in [0.2, 0.25) is 10.0 Å². The van der Waals surface area contributed by atoms with Crippen molar-refractivity contribution < 1.29 is 13.2 Å². The molecule has 1 fully saturated rings. The van der Waals surface area contributed by atoms with Crippen LogP contribution in [0.3, 0.4) is 0 Å². The summed E-state index contributed by atoms with van der Waals surface area (Å²) < 4.78 is 30.3. The molecular weight excluding hydrogens is 504 g/mol. The number of piperidine rings is 1. The van der Waals surface area contributed by atoms with Gasteiger partial charge in [0.15, 0.2) is 5.65 Å². The fourth-order valence-corrected chi connectivity index (χ4v) is 6.21. The highest BCUT2D eigenvalue weighted by Gasteiger charge is 2.26. The fourth-order valence-electron chi connectivity index (χ4n) is 4.69. The van der Waals surface area contributed by atoms with Crippen molar-refractivity contribution in [1.82, 2.24) is 29.0 Å². The van der Waals surface area contributed by atoms with Crippen molar-refractivity contribution in [1.29, 1.82) is 0 Å². The molecule has 2 aromatic heterocycles. The lowest BCUT2D eigenvalue weighted by Crippen LogP contribution is -2.35. The maximum atomic E-state index is 13.0. The average Bonchev–Trinajstić information content (AvgIpc) is 3.34. The number of benzene rings is 2. The third-order valence-corrected chi connectivity index (χ3v) is 8.65. The number of hydrogen-bond acceptors (Lipinski definition) is 6. The Morgan fingerprint density at radius 2 is 1.82 bits per heavy atom. The molecule has 4 aromatic rings. The van der Waals surface area contributed by atoms with Crippen molar-refractivity contribution in [3.05, 3.63) is 88.1 Å². The summed E-state index contributed by atoms with van der Waals surface area (Å²) in [5, 5.41) is 7.52. The van der Waals surface area contributed by atoms with E-state index in [9.17, 15) is 18.0 Å². The molecule has 11 heteroatoms. The summed E-state index contributed by atoms with van der Waals surface area (Å²) in [6.07, 6.45) is 5.79. The van der Waals surface area contributed by atoms with Crippen LogP contribution in [-0.4, -0.2) is 57.6 Å². The number of sulfonamides is 1. The average molecular weight is 535 g/mol. The van der Waals surface area contributed by atoms with E-state index in [-0.39, 0.29) is 22.9 Å². The van der Waals surface area contributed by atoms with Gasteiger partial charge in [0.1, 0.15) is 11.7 Å². The van der Waals surface area contributed by atoms with Crippen molar-refractivity contribution in [2.24, 2.45) is 0 Å². The normalized spacial score (nSPS) is 14.6. The van der Waals surface area contributed by atoms with Crippen molar-refractivity contribution >= 4 is 27.0 Å². The zero-order valence-electron chi connectivity index (χ0n) is 21.2. The zero-order valence-corrected chi connectivity index (χ0v) is 22.0. The smallest absolute Gasteiger partial charge is 0.264 e. The summed E-state index contributed by atoms with van der Waals surface area (Å²) in [7, 11) is -3.54. The molecule has 0 atom stereocenters. The summed E-state index contributed by atoms with van der Waals surface area (Å²) in [5.74, 6) is -0.322. The first-order valence-electron chi connectivity index (χ1n) is 12.7. The number of aromatic nitrogens is 4.